The second-order valence-electron chi connectivity index (χ2n) is 9.21. The molecular weight excluding hydrogens is 476 g/mol. The third kappa shape index (κ3) is 6.60. The first kappa shape index (κ1) is 26.1. The summed E-state index contributed by atoms with van der Waals surface area (Å²) in [6.45, 7) is 4.30. The van der Waals surface area contributed by atoms with Crippen LogP contribution >= 0.6 is 0 Å². The first-order valence-electron chi connectivity index (χ1n) is 12.0. The molecule has 0 radical (unpaired) electrons. The number of ether oxygens (including phenoxy) is 1. The lowest BCUT2D eigenvalue weighted by Crippen LogP contribution is -2.57. The molecule has 2 aromatic carbocycles. The molecule has 4 rings (SSSR count). The highest BCUT2D eigenvalue weighted by atomic mass is 16.7. The molecular formula is C27H30N4O6. The fourth-order valence-electron chi connectivity index (χ4n) is 4.57. The van der Waals surface area contributed by atoms with Gasteiger partial charge in [-0.25, -0.2) is 5.48 Å². The van der Waals surface area contributed by atoms with Gasteiger partial charge in [0, 0.05) is 42.2 Å². The molecule has 1 fully saturated rings. The van der Waals surface area contributed by atoms with Gasteiger partial charge in [0.2, 0.25) is 5.91 Å². The molecule has 2 amide bonds. The lowest BCUT2D eigenvalue weighted by Gasteiger charge is -2.40. The number of amides is 2. The van der Waals surface area contributed by atoms with Crippen molar-refractivity contribution >= 4 is 28.7 Å². The van der Waals surface area contributed by atoms with Crippen molar-refractivity contribution in [2.75, 3.05) is 13.1 Å². The second-order valence-corrected chi connectivity index (χ2v) is 9.21. The van der Waals surface area contributed by atoms with E-state index < -0.39 is 17.4 Å². The Labute approximate surface area is 214 Å². The van der Waals surface area contributed by atoms with Crippen LogP contribution in [0.1, 0.15) is 47.8 Å². The van der Waals surface area contributed by atoms with Crippen molar-refractivity contribution in [3.63, 3.8) is 0 Å². The first-order valence-corrected chi connectivity index (χ1v) is 12.0. The fraction of sp³-hybridized carbons (Fsp3) is 0.333. The number of hydroxylamine groups is 3. The summed E-state index contributed by atoms with van der Waals surface area (Å²) in [5.74, 6) is -0.781. The van der Waals surface area contributed by atoms with Crippen LogP contribution < -0.4 is 15.5 Å². The summed E-state index contributed by atoms with van der Waals surface area (Å²) in [5, 5.41) is 14.5. The molecule has 10 nitrogen and oxygen atoms in total. The molecule has 0 bridgehead atoms. The summed E-state index contributed by atoms with van der Waals surface area (Å²) >= 11 is 0. The number of pyridine rings is 1. The molecule has 1 aliphatic heterocycles. The molecule has 1 aliphatic rings. The van der Waals surface area contributed by atoms with E-state index in [9.17, 15) is 14.4 Å². The van der Waals surface area contributed by atoms with Crippen LogP contribution in [0.4, 0.5) is 0 Å². The summed E-state index contributed by atoms with van der Waals surface area (Å²) in [6.07, 6.45) is 0.615. The molecule has 0 unspecified atom stereocenters. The Balaban J connectivity index is 1.41. The largest absolute Gasteiger partial charge is 0.489 e. The number of hydrogen-bond donors (Lipinski definition) is 3. The van der Waals surface area contributed by atoms with Crippen molar-refractivity contribution in [2.24, 2.45) is 0 Å². The molecule has 37 heavy (non-hydrogen) atoms. The van der Waals surface area contributed by atoms with E-state index in [0.29, 0.717) is 43.9 Å². The van der Waals surface area contributed by atoms with Gasteiger partial charge in [0.25, 0.3) is 5.91 Å². The van der Waals surface area contributed by atoms with Crippen molar-refractivity contribution < 1.29 is 29.2 Å². The Kier molecular flexibility index (Phi) is 8.00. The number of benzene rings is 2. The lowest BCUT2D eigenvalue weighted by molar-refractivity contribution is -0.195. The molecule has 3 N–H and O–H groups in total. The molecule has 2 heterocycles. The maximum Gasteiger partial charge on any atom is 0.322 e. The van der Waals surface area contributed by atoms with Gasteiger partial charge in [-0.3, -0.25) is 24.6 Å². The topological polar surface area (TPSA) is 130 Å². The highest BCUT2D eigenvalue weighted by Gasteiger charge is 2.39. The van der Waals surface area contributed by atoms with Gasteiger partial charge in [-0.15, -0.1) is 5.06 Å². The third-order valence-electron chi connectivity index (χ3n) is 6.38. The lowest BCUT2D eigenvalue weighted by atomic mass is 9.84. The fourth-order valence-corrected chi connectivity index (χ4v) is 4.57. The van der Waals surface area contributed by atoms with Gasteiger partial charge in [-0.2, -0.15) is 0 Å². The van der Waals surface area contributed by atoms with Crippen LogP contribution in [0.5, 0.6) is 5.75 Å². The van der Waals surface area contributed by atoms with Crippen LogP contribution in [0.3, 0.4) is 0 Å². The van der Waals surface area contributed by atoms with Gasteiger partial charge in [0.15, 0.2) is 0 Å². The van der Waals surface area contributed by atoms with Crippen molar-refractivity contribution in [1.29, 1.82) is 0 Å². The number of aryl methyl sites for hydroxylation is 1. The quantitative estimate of drug-likeness (QED) is 0.314. The number of hydrogen-bond acceptors (Lipinski definition) is 8. The average molecular weight is 507 g/mol. The van der Waals surface area contributed by atoms with Gasteiger partial charge in [-0.1, -0.05) is 18.2 Å². The van der Waals surface area contributed by atoms with Crippen LogP contribution in [0.15, 0.2) is 54.6 Å². The van der Waals surface area contributed by atoms with Crippen molar-refractivity contribution in [3.05, 3.63) is 71.4 Å². The van der Waals surface area contributed by atoms with Crippen LogP contribution in [-0.2, 0) is 21.0 Å². The number of rotatable bonds is 8. The van der Waals surface area contributed by atoms with E-state index in [2.05, 4.69) is 10.3 Å². The van der Waals surface area contributed by atoms with Crippen LogP contribution in [0.2, 0.25) is 0 Å². The van der Waals surface area contributed by atoms with E-state index in [1.807, 2.05) is 37.3 Å². The van der Waals surface area contributed by atoms with Crippen LogP contribution in [0, 0.1) is 6.92 Å². The van der Waals surface area contributed by atoms with Gasteiger partial charge in [0.05, 0.1) is 17.5 Å². The predicted octanol–water partition coefficient (Wildman–Crippen LogP) is 3.06. The van der Waals surface area contributed by atoms with Crippen LogP contribution in [-0.4, -0.2) is 51.7 Å². The zero-order chi connectivity index (χ0) is 26.4. The van der Waals surface area contributed by atoms with Gasteiger partial charge in [0.1, 0.15) is 12.4 Å². The number of nitrogens with zero attached hydrogens (tertiary/aromatic N) is 2. The molecule has 194 valence electrons. The van der Waals surface area contributed by atoms with Crippen molar-refractivity contribution in [3.8, 4) is 5.75 Å². The molecule has 0 saturated carbocycles. The van der Waals surface area contributed by atoms with Crippen LogP contribution in [0.25, 0.3) is 10.9 Å². The minimum absolute atomic E-state index is 0.107. The Morgan fingerprint density at radius 3 is 2.46 bits per heavy atom. The SMILES string of the molecule is CC(=O)ON1CCC(CC(=O)NO)(NC(=O)c2ccc(OCc3cc(C)nc4ccccc34)cc2)CC1. The third-order valence-corrected chi connectivity index (χ3v) is 6.38. The number of para-hydroxylation sites is 1. The molecule has 1 aromatic heterocycles. The van der Waals surface area contributed by atoms with E-state index >= 15 is 0 Å². The maximum atomic E-state index is 13.1. The molecule has 0 atom stereocenters. The first-order chi connectivity index (χ1) is 17.8. The standard InChI is InChI=1S/C27H30N4O6/c1-18-15-21(23-5-3-4-6-24(23)28-18)17-36-22-9-7-20(8-10-22)26(34)29-27(16-25(33)30-35)11-13-31(14-12-27)37-19(2)32/h3-10,15,35H,11-14,16-17H2,1-2H3,(H,29,34)(H,30,33). The zero-order valence-electron chi connectivity index (χ0n) is 20.8. The summed E-state index contributed by atoms with van der Waals surface area (Å²) in [6, 6.07) is 16.7. The summed E-state index contributed by atoms with van der Waals surface area (Å²) in [7, 11) is 0. The molecule has 0 aliphatic carbocycles. The van der Waals surface area contributed by atoms with Crippen molar-refractivity contribution in [2.45, 2.75) is 45.3 Å². The smallest absolute Gasteiger partial charge is 0.322 e. The molecule has 3 aromatic rings. The second kappa shape index (κ2) is 11.4. The zero-order valence-corrected chi connectivity index (χ0v) is 20.8. The minimum atomic E-state index is -0.893. The minimum Gasteiger partial charge on any atom is -0.489 e. The van der Waals surface area contributed by atoms with E-state index in [1.165, 1.54) is 12.0 Å². The number of piperidine rings is 1. The number of nitrogens with one attached hydrogen (secondary N) is 2. The molecule has 1 saturated heterocycles. The Morgan fingerprint density at radius 2 is 1.78 bits per heavy atom. The number of carbonyl (C=O) groups is 3. The van der Waals surface area contributed by atoms with E-state index in [1.54, 1.807) is 29.7 Å². The van der Waals surface area contributed by atoms with Gasteiger partial charge in [-0.05, 0) is 56.2 Å². The molecule has 0 spiro atoms. The molecule has 10 heteroatoms. The summed E-state index contributed by atoms with van der Waals surface area (Å²) in [4.78, 5) is 46.0. The monoisotopic (exact) mass is 506 g/mol. The number of carbonyl (C=O) groups excluding carboxylic acids is 3. The van der Waals surface area contributed by atoms with E-state index in [0.717, 1.165) is 22.2 Å². The van der Waals surface area contributed by atoms with E-state index in [4.69, 9.17) is 14.8 Å². The Bertz CT molecular complexity index is 1290. The van der Waals surface area contributed by atoms with Gasteiger partial charge >= 0.3 is 5.97 Å². The summed E-state index contributed by atoms with van der Waals surface area (Å²) < 4.78 is 5.98. The Morgan fingerprint density at radius 1 is 1.08 bits per heavy atom. The highest BCUT2D eigenvalue weighted by Crippen LogP contribution is 2.27. The predicted molar refractivity (Wildman–Crippen MR) is 135 cm³/mol. The summed E-state index contributed by atoms with van der Waals surface area (Å²) in [5.41, 5.74) is 3.99. The maximum absolute atomic E-state index is 13.1. The number of fused-ring (bicyclic) bond motifs is 1. The van der Waals surface area contributed by atoms with E-state index in [-0.39, 0.29) is 12.3 Å². The average Bonchev–Trinajstić information content (AvgIpc) is 2.88. The number of aromatic nitrogens is 1. The normalized spacial score (nSPS) is 15.1. The highest BCUT2D eigenvalue weighted by molar-refractivity contribution is 5.95. The van der Waals surface area contributed by atoms with Gasteiger partial charge < -0.3 is 14.9 Å². The van der Waals surface area contributed by atoms with Crippen molar-refractivity contribution in [1.82, 2.24) is 20.8 Å². The Hall–Kier alpha value is -4.02.